The molecule has 3 unspecified atom stereocenters. The Morgan fingerprint density at radius 2 is 2.14 bits per heavy atom. The molecule has 0 aromatic rings. The van der Waals surface area contributed by atoms with Gasteiger partial charge in [-0.2, -0.15) is 0 Å². The predicted molar refractivity (Wildman–Crippen MR) is 82.9 cm³/mol. The van der Waals surface area contributed by atoms with Crippen molar-refractivity contribution in [3.8, 4) is 0 Å². The van der Waals surface area contributed by atoms with Crippen molar-refractivity contribution in [3.05, 3.63) is 0 Å². The van der Waals surface area contributed by atoms with Crippen molar-refractivity contribution in [3.63, 3.8) is 0 Å². The first kappa shape index (κ1) is 16.8. The van der Waals surface area contributed by atoms with Gasteiger partial charge in [-0.15, -0.1) is 0 Å². The number of amides is 1. The third kappa shape index (κ3) is 4.43. The van der Waals surface area contributed by atoms with Gasteiger partial charge < -0.3 is 15.2 Å². The van der Waals surface area contributed by atoms with E-state index in [0.29, 0.717) is 25.5 Å². The first-order valence-corrected chi connectivity index (χ1v) is 8.32. The van der Waals surface area contributed by atoms with Crippen LogP contribution < -0.4 is 5.32 Å². The summed E-state index contributed by atoms with van der Waals surface area (Å²) in [7, 11) is 0. The second kappa shape index (κ2) is 6.66. The third-order valence-corrected chi connectivity index (χ3v) is 5.22. The van der Waals surface area contributed by atoms with E-state index in [1.165, 1.54) is 6.42 Å². The molecule has 2 rings (SSSR count). The molecule has 1 amide bonds. The molecule has 2 fully saturated rings. The highest BCUT2D eigenvalue weighted by Crippen LogP contribution is 2.41. The normalized spacial score (nSPS) is 35.6. The largest absolute Gasteiger partial charge is 0.396 e. The molecule has 1 heterocycles. The summed E-state index contributed by atoms with van der Waals surface area (Å²) in [5.74, 6) is 0.946. The van der Waals surface area contributed by atoms with Gasteiger partial charge in [-0.3, -0.25) is 4.79 Å². The molecule has 0 aromatic heterocycles. The van der Waals surface area contributed by atoms with Crippen LogP contribution in [-0.4, -0.2) is 37.4 Å². The van der Waals surface area contributed by atoms with E-state index >= 15 is 0 Å². The van der Waals surface area contributed by atoms with E-state index in [0.717, 1.165) is 25.9 Å². The fourth-order valence-electron chi connectivity index (χ4n) is 4.28. The Hall–Kier alpha value is -0.610. The predicted octanol–water partition coefficient (Wildman–Crippen LogP) is 2.35. The molecule has 1 saturated heterocycles. The molecular formula is C17H31NO3. The van der Waals surface area contributed by atoms with Gasteiger partial charge >= 0.3 is 0 Å². The Morgan fingerprint density at radius 1 is 1.38 bits per heavy atom. The molecule has 1 aliphatic heterocycles. The van der Waals surface area contributed by atoms with E-state index in [4.69, 9.17) is 4.74 Å². The van der Waals surface area contributed by atoms with Crippen molar-refractivity contribution in [1.82, 2.24) is 5.32 Å². The van der Waals surface area contributed by atoms with E-state index in [1.807, 2.05) is 0 Å². The molecule has 2 aliphatic rings. The number of carbonyl (C=O) groups excluding carboxylic acids is 1. The number of aliphatic hydroxyl groups is 1. The highest BCUT2D eigenvalue weighted by Gasteiger charge is 2.38. The summed E-state index contributed by atoms with van der Waals surface area (Å²) in [5.41, 5.74) is 0.207. The van der Waals surface area contributed by atoms with Crippen LogP contribution in [0.4, 0.5) is 0 Å². The zero-order chi connectivity index (χ0) is 15.5. The summed E-state index contributed by atoms with van der Waals surface area (Å²) in [6.07, 6.45) is 4.82. The summed E-state index contributed by atoms with van der Waals surface area (Å²) in [6, 6.07) is 0. The summed E-state index contributed by atoms with van der Waals surface area (Å²) in [5, 5.41) is 12.4. The minimum atomic E-state index is -0.0553. The number of hydrogen-bond acceptors (Lipinski definition) is 3. The summed E-state index contributed by atoms with van der Waals surface area (Å²) in [6.45, 7) is 8.97. The molecule has 21 heavy (non-hydrogen) atoms. The van der Waals surface area contributed by atoms with E-state index in [1.54, 1.807) is 0 Å². The molecule has 3 atom stereocenters. The first-order chi connectivity index (χ1) is 9.86. The van der Waals surface area contributed by atoms with Gasteiger partial charge in [0, 0.05) is 31.1 Å². The van der Waals surface area contributed by atoms with Crippen LogP contribution in [0.15, 0.2) is 0 Å². The quantitative estimate of drug-likeness (QED) is 0.819. The van der Waals surface area contributed by atoms with Gasteiger partial charge in [-0.1, -0.05) is 20.8 Å². The molecule has 122 valence electrons. The second-order valence-corrected chi connectivity index (χ2v) is 8.10. The Bertz CT molecular complexity index is 361. The number of ether oxygens (including phenoxy) is 1. The van der Waals surface area contributed by atoms with Crippen LogP contribution in [0.25, 0.3) is 0 Å². The lowest BCUT2D eigenvalue weighted by molar-refractivity contribution is -0.128. The monoisotopic (exact) mass is 297 g/mol. The molecule has 0 bridgehead atoms. The molecule has 1 saturated carbocycles. The number of hydrogen-bond donors (Lipinski definition) is 2. The standard InChI is InChI=1S/C17H31NO3/c1-13-8-14(10-16(2,3)9-13)15(20)18-11-17(4-6-19)5-7-21-12-17/h13-14,19H,4-12H2,1-3H3,(H,18,20). The van der Waals surface area contributed by atoms with Crippen LogP contribution in [0.1, 0.15) is 52.9 Å². The van der Waals surface area contributed by atoms with E-state index in [2.05, 4.69) is 26.1 Å². The maximum absolute atomic E-state index is 12.5. The van der Waals surface area contributed by atoms with Crippen LogP contribution in [0.3, 0.4) is 0 Å². The fourth-order valence-corrected chi connectivity index (χ4v) is 4.28. The zero-order valence-electron chi connectivity index (χ0n) is 13.8. The average Bonchev–Trinajstić information content (AvgIpc) is 2.83. The van der Waals surface area contributed by atoms with Crippen molar-refractivity contribution < 1.29 is 14.6 Å². The number of nitrogens with one attached hydrogen (secondary N) is 1. The van der Waals surface area contributed by atoms with Crippen LogP contribution in [0, 0.1) is 22.7 Å². The number of rotatable bonds is 5. The maximum Gasteiger partial charge on any atom is 0.223 e. The van der Waals surface area contributed by atoms with Gasteiger partial charge in [0.05, 0.1) is 6.61 Å². The van der Waals surface area contributed by atoms with Gasteiger partial charge in [0.25, 0.3) is 0 Å². The van der Waals surface area contributed by atoms with Crippen LogP contribution in [0.5, 0.6) is 0 Å². The van der Waals surface area contributed by atoms with Crippen LogP contribution in [-0.2, 0) is 9.53 Å². The minimum Gasteiger partial charge on any atom is -0.396 e. The van der Waals surface area contributed by atoms with Crippen molar-refractivity contribution in [1.29, 1.82) is 0 Å². The average molecular weight is 297 g/mol. The highest BCUT2D eigenvalue weighted by atomic mass is 16.5. The number of carbonyl (C=O) groups is 1. The maximum atomic E-state index is 12.5. The molecule has 4 heteroatoms. The highest BCUT2D eigenvalue weighted by molar-refractivity contribution is 5.78. The van der Waals surface area contributed by atoms with E-state index < -0.39 is 0 Å². The molecular weight excluding hydrogens is 266 g/mol. The van der Waals surface area contributed by atoms with Crippen molar-refractivity contribution >= 4 is 5.91 Å². The van der Waals surface area contributed by atoms with Gasteiger partial charge in [0.15, 0.2) is 0 Å². The van der Waals surface area contributed by atoms with Gasteiger partial charge in [0.1, 0.15) is 0 Å². The van der Waals surface area contributed by atoms with Crippen molar-refractivity contribution in [2.24, 2.45) is 22.7 Å². The molecule has 4 nitrogen and oxygen atoms in total. The minimum absolute atomic E-state index is 0.0553. The summed E-state index contributed by atoms with van der Waals surface area (Å²) in [4.78, 5) is 12.5. The zero-order valence-corrected chi connectivity index (χ0v) is 13.8. The SMILES string of the molecule is CC1CC(C(=O)NCC2(CCO)CCOC2)CC(C)(C)C1. The topological polar surface area (TPSA) is 58.6 Å². The Balaban J connectivity index is 1.89. The van der Waals surface area contributed by atoms with Crippen molar-refractivity contribution in [2.75, 3.05) is 26.4 Å². The summed E-state index contributed by atoms with van der Waals surface area (Å²) < 4.78 is 5.48. The fraction of sp³-hybridized carbons (Fsp3) is 0.941. The first-order valence-electron chi connectivity index (χ1n) is 8.32. The Labute approximate surface area is 128 Å². The van der Waals surface area contributed by atoms with Gasteiger partial charge in [-0.25, -0.2) is 0 Å². The van der Waals surface area contributed by atoms with E-state index in [9.17, 15) is 9.90 Å². The molecule has 0 spiro atoms. The van der Waals surface area contributed by atoms with Crippen LogP contribution in [0.2, 0.25) is 0 Å². The lowest BCUT2D eigenvalue weighted by atomic mass is 9.68. The Kier molecular flexibility index (Phi) is 5.31. The smallest absolute Gasteiger partial charge is 0.223 e. The molecule has 1 aliphatic carbocycles. The number of aliphatic hydroxyl groups excluding tert-OH is 1. The van der Waals surface area contributed by atoms with Gasteiger partial charge in [0.2, 0.25) is 5.91 Å². The van der Waals surface area contributed by atoms with Crippen LogP contribution >= 0.6 is 0 Å². The molecule has 2 N–H and O–H groups in total. The summed E-state index contributed by atoms with van der Waals surface area (Å²) >= 11 is 0. The van der Waals surface area contributed by atoms with E-state index in [-0.39, 0.29) is 29.3 Å². The lowest BCUT2D eigenvalue weighted by Crippen LogP contribution is -2.43. The third-order valence-electron chi connectivity index (χ3n) is 5.22. The second-order valence-electron chi connectivity index (χ2n) is 8.10. The molecule has 0 radical (unpaired) electrons. The Morgan fingerprint density at radius 3 is 2.71 bits per heavy atom. The molecule has 0 aromatic carbocycles. The lowest BCUT2D eigenvalue weighted by Gasteiger charge is -2.38. The van der Waals surface area contributed by atoms with Gasteiger partial charge in [-0.05, 0) is 43.4 Å². The van der Waals surface area contributed by atoms with Crippen molar-refractivity contribution in [2.45, 2.75) is 52.9 Å².